The first-order chi connectivity index (χ1) is 11.7. The van der Waals surface area contributed by atoms with E-state index in [1.54, 1.807) is 18.6 Å². The Morgan fingerprint density at radius 2 is 2.00 bits per heavy atom. The number of aromatic amines is 1. The molecule has 2 aromatic carbocycles. The first-order valence-corrected chi connectivity index (χ1v) is 7.80. The van der Waals surface area contributed by atoms with Crippen LogP contribution in [0.3, 0.4) is 0 Å². The fourth-order valence-electron chi connectivity index (χ4n) is 2.88. The van der Waals surface area contributed by atoms with Crippen LogP contribution in [0.5, 0.6) is 0 Å². The standard InChI is InChI=1S/C19H16N4O/c1-12(13-7-8-16-14(10-13)4-3-9-20-16)23-19(24)15-5-2-6-17-18(15)22-11-21-17/h2-12H,1H3,(H,21,22)(H,23,24)/t12-/m1/s1. The molecule has 4 rings (SSSR count). The maximum Gasteiger partial charge on any atom is 0.253 e. The highest BCUT2D eigenvalue weighted by Gasteiger charge is 2.15. The average Bonchev–Trinajstić information content (AvgIpc) is 3.09. The molecule has 0 radical (unpaired) electrons. The van der Waals surface area contributed by atoms with Gasteiger partial charge in [0.15, 0.2) is 0 Å². The summed E-state index contributed by atoms with van der Waals surface area (Å²) in [6.07, 6.45) is 3.37. The Kier molecular flexibility index (Phi) is 3.46. The van der Waals surface area contributed by atoms with Crippen LogP contribution in [-0.2, 0) is 0 Å². The molecule has 1 atom stereocenters. The number of carbonyl (C=O) groups excluding carboxylic acids is 1. The van der Waals surface area contributed by atoms with E-state index >= 15 is 0 Å². The molecular formula is C19H16N4O. The van der Waals surface area contributed by atoms with Crippen molar-refractivity contribution in [3.8, 4) is 0 Å². The van der Waals surface area contributed by atoms with Crippen LogP contribution in [0.2, 0.25) is 0 Å². The number of nitrogens with zero attached hydrogens (tertiary/aromatic N) is 2. The van der Waals surface area contributed by atoms with Crippen LogP contribution < -0.4 is 5.32 Å². The number of pyridine rings is 1. The van der Waals surface area contributed by atoms with Crippen molar-refractivity contribution < 1.29 is 4.79 Å². The van der Waals surface area contributed by atoms with Gasteiger partial charge < -0.3 is 10.3 Å². The van der Waals surface area contributed by atoms with Crippen molar-refractivity contribution in [3.63, 3.8) is 0 Å². The van der Waals surface area contributed by atoms with Crippen molar-refractivity contribution in [1.29, 1.82) is 0 Å². The Morgan fingerprint density at radius 1 is 1.08 bits per heavy atom. The lowest BCUT2D eigenvalue weighted by molar-refractivity contribution is 0.0941. The minimum atomic E-state index is -0.122. The molecule has 1 amide bonds. The van der Waals surface area contributed by atoms with Gasteiger partial charge in [-0.1, -0.05) is 18.2 Å². The molecule has 2 heterocycles. The summed E-state index contributed by atoms with van der Waals surface area (Å²) in [6, 6.07) is 15.4. The van der Waals surface area contributed by atoms with Gasteiger partial charge in [-0.15, -0.1) is 0 Å². The number of benzene rings is 2. The van der Waals surface area contributed by atoms with Gasteiger partial charge in [0.1, 0.15) is 0 Å². The number of para-hydroxylation sites is 1. The monoisotopic (exact) mass is 316 g/mol. The van der Waals surface area contributed by atoms with Crippen LogP contribution in [0.4, 0.5) is 0 Å². The van der Waals surface area contributed by atoms with Crippen molar-refractivity contribution in [3.05, 3.63) is 72.2 Å². The van der Waals surface area contributed by atoms with Crippen molar-refractivity contribution in [1.82, 2.24) is 20.3 Å². The number of rotatable bonds is 3. The highest BCUT2D eigenvalue weighted by molar-refractivity contribution is 6.04. The quantitative estimate of drug-likeness (QED) is 0.606. The molecule has 118 valence electrons. The molecule has 0 saturated heterocycles. The van der Waals surface area contributed by atoms with Gasteiger partial charge in [-0.3, -0.25) is 9.78 Å². The summed E-state index contributed by atoms with van der Waals surface area (Å²) in [4.78, 5) is 24.2. The molecule has 0 spiro atoms. The molecule has 2 aromatic heterocycles. The number of aromatic nitrogens is 3. The van der Waals surface area contributed by atoms with Crippen molar-refractivity contribution in [2.75, 3.05) is 0 Å². The summed E-state index contributed by atoms with van der Waals surface area (Å²) in [5.41, 5.74) is 4.12. The van der Waals surface area contributed by atoms with Gasteiger partial charge >= 0.3 is 0 Å². The predicted molar refractivity (Wildman–Crippen MR) is 93.7 cm³/mol. The summed E-state index contributed by atoms with van der Waals surface area (Å²) in [5, 5.41) is 4.11. The maximum atomic E-state index is 12.6. The van der Waals surface area contributed by atoms with E-state index in [0.29, 0.717) is 5.56 Å². The van der Waals surface area contributed by atoms with Crippen LogP contribution in [0.1, 0.15) is 28.9 Å². The normalized spacial score (nSPS) is 12.4. The summed E-state index contributed by atoms with van der Waals surface area (Å²) >= 11 is 0. The third kappa shape index (κ3) is 2.50. The number of H-pyrrole nitrogens is 1. The van der Waals surface area contributed by atoms with Crippen LogP contribution in [-0.4, -0.2) is 20.9 Å². The highest BCUT2D eigenvalue weighted by atomic mass is 16.1. The Labute approximate surface area is 138 Å². The SMILES string of the molecule is C[C@@H](NC(=O)c1cccc2nc[nH]c12)c1ccc2ncccc2c1. The molecule has 2 N–H and O–H groups in total. The number of imidazole rings is 1. The van der Waals surface area contributed by atoms with Crippen molar-refractivity contribution in [2.45, 2.75) is 13.0 Å². The second-order valence-electron chi connectivity index (χ2n) is 5.75. The summed E-state index contributed by atoms with van der Waals surface area (Å²) in [7, 11) is 0. The summed E-state index contributed by atoms with van der Waals surface area (Å²) in [6.45, 7) is 1.97. The molecule has 5 nitrogen and oxygen atoms in total. The topological polar surface area (TPSA) is 70.7 Å². The van der Waals surface area contributed by atoms with Crippen LogP contribution in [0.15, 0.2) is 61.1 Å². The Balaban J connectivity index is 1.61. The zero-order valence-electron chi connectivity index (χ0n) is 13.2. The summed E-state index contributed by atoms with van der Waals surface area (Å²) < 4.78 is 0. The van der Waals surface area contributed by atoms with Gasteiger partial charge in [-0.2, -0.15) is 0 Å². The average molecular weight is 316 g/mol. The fourth-order valence-corrected chi connectivity index (χ4v) is 2.88. The molecular weight excluding hydrogens is 300 g/mol. The first kappa shape index (κ1) is 14.4. The van der Waals surface area contributed by atoms with E-state index in [1.165, 1.54) is 0 Å². The lowest BCUT2D eigenvalue weighted by Crippen LogP contribution is -2.26. The highest BCUT2D eigenvalue weighted by Crippen LogP contribution is 2.20. The number of amides is 1. The van der Waals surface area contributed by atoms with Gasteiger partial charge in [0.2, 0.25) is 0 Å². The molecule has 4 aromatic rings. The molecule has 0 unspecified atom stereocenters. The Hall–Kier alpha value is -3.21. The van der Waals surface area contributed by atoms with Crippen molar-refractivity contribution in [2.24, 2.45) is 0 Å². The van der Waals surface area contributed by atoms with Crippen LogP contribution in [0, 0.1) is 0 Å². The number of hydrogen-bond donors (Lipinski definition) is 2. The molecule has 5 heteroatoms. The minimum absolute atomic E-state index is 0.111. The van der Waals surface area contributed by atoms with E-state index in [9.17, 15) is 4.79 Å². The minimum Gasteiger partial charge on any atom is -0.345 e. The number of hydrogen-bond acceptors (Lipinski definition) is 3. The molecule has 0 aliphatic heterocycles. The second kappa shape index (κ2) is 5.77. The van der Waals surface area contributed by atoms with E-state index in [2.05, 4.69) is 26.3 Å². The number of fused-ring (bicyclic) bond motifs is 2. The van der Waals surface area contributed by atoms with E-state index in [0.717, 1.165) is 27.5 Å². The fraction of sp³-hybridized carbons (Fsp3) is 0.105. The molecule has 0 aliphatic carbocycles. The Bertz CT molecular complexity index is 1040. The molecule has 0 saturated carbocycles. The third-order valence-corrected chi connectivity index (χ3v) is 4.17. The van der Waals surface area contributed by atoms with Crippen LogP contribution >= 0.6 is 0 Å². The molecule has 0 aliphatic rings. The number of carbonyl (C=O) groups is 1. The second-order valence-corrected chi connectivity index (χ2v) is 5.75. The zero-order chi connectivity index (χ0) is 16.5. The van der Waals surface area contributed by atoms with Gasteiger partial charge in [0, 0.05) is 11.6 Å². The molecule has 0 bridgehead atoms. The van der Waals surface area contributed by atoms with Gasteiger partial charge in [0.25, 0.3) is 5.91 Å². The van der Waals surface area contributed by atoms with E-state index in [1.807, 2.05) is 43.3 Å². The van der Waals surface area contributed by atoms with Crippen LogP contribution in [0.25, 0.3) is 21.9 Å². The van der Waals surface area contributed by atoms with Crippen molar-refractivity contribution >= 4 is 27.8 Å². The smallest absolute Gasteiger partial charge is 0.253 e. The molecule has 0 fully saturated rings. The third-order valence-electron chi connectivity index (χ3n) is 4.17. The van der Waals surface area contributed by atoms with E-state index in [-0.39, 0.29) is 11.9 Å². The van der Waals surface area contributed by atoms with Gasteiger partial charge in [-0.05, 0) is 42.8 Å². The lowest BCUT2D eigenvalue weighted by atomic mass is 10.0. The van der Waals surface area contributed by atoms with E-state index in [4.69, 9.17) is 0 Å². The first-order valence-electron chi connectivity index (χ1n) is 7.80. The van der Waals surface area contributed by atoms with E-state index < -0.39 is 0 Å². The predicted octanol–water partition coefficient (Wildman–Crippen LogP) is 3.60. The maximum absolute atomic E-state index is 12.6. The van der Waals surface area contributed by atoms with Gasteiger partial charge in [-0.25, -0.2) is 4.98 Å². The molecule has 24 heavy (non-hydrogen) atoms. The zero-order valence-corrected chi connectivity index (χ0v) is 13.2. The summed E-state index contributed by atoms with van der Waals surface area (Å²) in [5.74, 6) is -0.122. The van der Waals surface area contributed by atoms with Gasteiger partial charge in [0.05, 0.1) is 34.5 Å². The largest absolute Gasteiger partial charge is 0.345 e. The Morgan fingerprint density at radius 3 is 2.92 bits per heavy atom. The lowest BCUT2D eigenvalue weighted by Gasteiger charge is -2.15. The number of nitrogens with one attached hydrogen (secondary N) is 2.